The molecular weight excluding hydrogens is 284 g/mol. The molecule has 1 saturated heterocycles. The predicted molar refractivity (Wildman–Crippen MR) is 81.1 cm³/mol. The van der Waals surface area contributed by atoms with Crippen molar-refractivity contribution < 1.29 is 14.7 Å². The second kappa shape index (κ2) is 7.86. The third-order valence-corrected chi connectivity index (χ3v) is 3.70. The van der Waals surface area contributed by atoms with Crippen molar-refractivity contribution in [1.29, 1.82) is 0 Å². The molecule has 1 atom stereocenters. The fraction of sp³-hybridized carbons (Fsp3) is 0.533. The van der Waals surface area contributed by atoms with E-state index in [1.54, 1.807) is 17.3 Å². The van der Waals surface area contributed by atoms with E-state index in [-0.39, 0.29) is 19.0 Å². The first kappa shape index (κ1) is 16.4. The zero-order chi connectivity index (χ0) is 15.9. The molecule has 1 unspecified atom stereocenters. The van der Waals surface area contributed by atoms with Crippen LogP contribution in [0.4, 0.5) is 0 Å². The van der Waals surface area contributed by atoms with Crippen LogP contribution < -0.4 is 5.32 Å². The van der Waals surface area contributed by atoms with E-state index in [0.717, 1.165) is 5.56 Å². The van der Waals surface area contributed by atoms with Crippen molar-refractivity contribution in [2.24, 2.45) is 5.92 Å². The van der Waals surface area contributed by atoms with Gasteiger partial charge in [0.2, 0.25) is 5.91 Å². The van der Waals surface area contributed by atoms with Gasteiger partial charge in [-0.2, -0.15) is 0 Å². The number of nitrogens with zero attached hydrogens (tertiary/aromatic N) is 3. The molecule has 0 bridgehead atoms. The van der Waals surface area contributed by atoms with Gasteiger partial charge in [0, 0.05) is 45.1 Å². The van der Waals surface area contributed by atoms with E-state index in [9.17, 15) is 9.59 Å². The van der Waals surface area contributed by atoms with Gasteiger partial charge in [0.15, 0.2) is 0 Å². The summed E-state index contributed by atoms with van der Waals surface area (Å²) in [6.45, 7) is 2.78. The maximum absolute atomic E-state index is 12.4. The smallest absolute Gasteiger partial charge is 0.309 e. The highest BCUT2D eigenvalue weighted by Crippen LogP contribution is 2.06. The first-order chi connectivity index (χ1) is 10.6. The quantitative estimate of drug-likeness (QED) is 0.773. The van der Waals surface area contributed by atoms with Gasteiger partial charge in [0.25, 0.3) is 0 Å². The van der Waals surface area contributed by atoms with Crippen molar-refractivity contribution in [3.8, 4) is 0 Å². The highest BCUT2D eigenvalue weighted by atomic mass is 16.4. The molecule has 1 amide bonds. The highest BCUT2D eigenvalue weighted by Gasteiger charge is 2.26. The Morgan fingerprint density at radius 2 is 2.18 bits per heavy atom. The minimum absolute atomic E-state index is 0.0356. The van der Waals surface area contributed by atoms with E-state index in [1.807, 2.05) is 24.1 Å². The van der Waals surface area contributed by atoms with E-state index in [1.165, 1.54) is 0 Å². The number of likely N-dealkylation sites (N-methyl/N-ethyl adjacent to an activating group) is 1. The summed E-state index contributed by atoms with van der Waals surface area (Å²) in [5.41, 5.74) is 1.09. The van der Waals surface area contributed by atoms with Crippen molar-refractivity contribution in [3.63, 3.8) is 0 Å². The van der Waals surface area contributed by atoms with Gasteiger partial charge in [-0.25, -0.2) is 0 Å². The molecule has 22 heavy (non-hydrogen) atoms. The standard InChI is InChI=1S/C15H22N4O3/c1-18(9-12-2-4-16-5-3-12)11-14(20)19-7-6-17-8-13(10-19)15(21)22/h2-5,13,17H,6-11H2,1H3,(H,21,22). The first-order valence-electron chi connectivity index (χ1n) is 7.35. The zero-order valence-corrected chi connectivity index (χ0v) is 12.7. The average Bonchev–Trinajstić information content (AvgIpc) is 2.74. The van der Waals surface area contributed by atoms with E-state index >= 15 is 0 Å². The van der Waals surface area contributed by atoms with Crippen LogP contribution in [0.15, 0.2) is 24.5 Å². The van der Waals surface area contributed by atoms with Gasteiger partial charge in [-0.15, -0.1) is 0 Å². The Morgan fingerprint density at radius 3 is 2.86 bits per heavy atom. The van der Waals surface area contributed by atoms with Gasteiger partial charge in [-0.1, -0.05) is 0 Å². The third-order valence-electron chi connectivity index (χ3n) is 3.70. The van der Waals surface area contributed by atoms with Gasteiger partial charge >= 0.3 is 5.97 Å². The topological polar surface area (TPSA) is 85.8 Å². The van der Waals surface area contributed by atoms with E-state index < -0.39 is 11.9 Å². The molecule has 0 saturated carbocycles. The number of aliphatic carboxylic acids is 1. The number of carbonyl (C=O) groups is 2. The summed E-state index contributed by atoms with van der Waals surface area (Å²) in [6, 6.07) is 3.83. The number of pyridine rings is 1. The monoisotopic (exact) mass is 306 g/mol. The second-order valence-electron chi connectivity index (χ2n) is 5.61. The lowest BCUT2D eigenvalue weighted by atomic mass is 10.1. The molecule has 1 aliphatic heterocycles. The van der Waals surface area contributed by atoms with Crippen LogP contribution in [0.25, 0.3) is 0 Å². The summed E-state index contributed by atoms with van der Waals surface area (Å²) in [7, 11) is 1.88. The van der Waals surface area contributed by atoms with E-state index in [4.69, 9.17) is 5.11 Å². The van der Waals surface area contributed by atoms with Crippen molar-refractivity contribution in [2.75, 3.05) is 39.8 Å². The maximum Gasteiger partial charge on any atom is 0.309 e. The molecule has 7 nitrogen and oxygen atoms in total. The Bertz CT molecular complexity index is 509. The molecule has 1 aliphatic rings. The fourth-order valence-electron chi connectivity index (χ4n) is 2.49. The van der Waals surface area contributed by atoms with Crippen LogP contribution >= 0.6 is 0 Å². The Hall–Kier alpha value is -1.99. The molecule has 2 heterocycles. The molecule has 1 aromatic rings. The van der Waals surface area contributed by atoms with Crippen molar-refractivity contribution in [3.05, 3.63) is 30.1 Å². The van der Waals surface area contributed by atoms with Crippen molar-refractivity contribution in [2.45, 2.75) is 6.54 Å². The number of nitrogens with one attached hydrogen (secondary N) is 1. The fourth-order valence-corrected chi connectivity index (χ4v) is 2.49. The van der Waals surface area contributed by atoms with Gasteiger partial charge in [-0.3, -0.25) is 19.5 Å². The van der Waals surface area contributed by atoms with Crippen LogP contribution in [-0.4, -0.2) is 71.5 Å². The number of aromatic nitrogens is 1. The number of hydrogen-bond acceptors (Lipinski definition) is 5. The lowest BCUT2D eigenvalue weighted by molar-refractivity contribution is -0.143. The Balaban J connectivity index is 1.88. The van der Waals surface area contributed by atoms with Gasteiger partial charge < -0.3 is 15.3 Å². The number of carboxylic acid groups (broad SMARTS) is 1. The molecule has 1 aromatic heterocycles. The predicted octanol–water partition coefficient (Wildman–Crippen LogP) is -0.354. The van der Waals surface area contributed by atoms with E-state index in [0.29, 0.717) is 26.2 Å². The highest BCUT2D eigenvalue weighted by molar-refractivity contribution is 5.79. The number of rotatable bonds is 5. The van der Waals surface area contributed by atoms with Crippen LogP contribution in [-0.2, 0) is 16.1 Å². The summed E-state index contributed by atoms with van der Waals surface area (Å²) in [5, 5.41) is 12.2. The minimum atomic E-state index is -0.864. The Morgan fingerprint density at radius 1 is 1.45 bits per heavy atom. The van der Waals surface area contributed by atoms with Crippen molar-refractivity contribution in [1.82, 2.24) is 20.1 Å². The second-order valence-corrected chi connectivity index (χ2v) is 5.61. The van der Waals surface area contributed by atoms with Gasteiger partial charge in [-0.05, 0) is 24.7 Å². The van der Waals surface area contributed by atoms with E-state index in [2.05, 4.69) is 10.3 Å². The summed E-state index contributed by atoms with van der Waals surface area (Å²) in [6.07, 6.45) is 3.45. The summed E-state index contributed by atoms with van der Waals surface area (Å²) >= 11 is 0. The van der Waals surface area contributed by atoms with Crippen LogP contribution in [0.3, 0.4) is 0 Å². The molecule has 2 rings (SSSR count). The molecule has 2 N–H and O–H groups in total. The molecule has 1 fully saturated rings. The number of amides is 1. The maximum atomic E-state index is 12.4. The molecule has 0 radical (unpaired) electrons. The largest absolute Gasteiger partial charge is 0.481 e. The Kier molecular flexibility index (Phi) is 5.85. The van der Waals surface area contributed by atoms with Crippen LogP contribution in [0.5, 0.6) is 0 Å². The van der Waals surface area contributed by atoms with Gasteiger partial charge in [0.1, 0.15) is 0 Å². The lowest BCUT2D eigenvalue weighted by Crippen LogP contribution is -2.42. The van der Waals surface area contributed by atoms with Crippen LogP contribution in [0.2, 0.25) is 0 Å². The van der Waals surface area contributed by atoms with Crippen LogP contribution in [0.1, 0.15) is 5.56 Å². The summed E-state index contributed by atoms with van der Waals surface area (Å²) in [4.78, 5) is 31.0. The zero-order valence-electron chi connectivity index (χ0n) is 12.7. The molecular formula is C15H22N4O3. The Labute approximate surface area is 129 Å². The molecule has 0 aromatic carbocycles. The lowest BCUT2D eigenvalue weighted by Gasteiger charge is -2.25. The molecule has 7 heteroatoms. The number of hydrogen-bond donors (Lipinski definition) is 2. The molecule has 120 valence electrons. The SMILES string of the molecule is CN(CC(=O)N1CCNCC(C(=O)O)C1)Cc1ccncc1. The normalized spacial score (nSPS) is 19.0. The third kappa shape index (κ3) is 4.78. The van der Waals surface area contributed by atoms with Crippen molar-refractivity contribution >= 4 is 11.9 Å². The van der Waals surface area contributed by atoms with Gasteiger partial charge in [0.05, 0.1) is 12.5 Å². The molecule has 0 spiro atoms. The number of carboxylic acids is 1. The van der Waals surface area contributed by atoms with Crippen LogP contribution in [0, 0.1) is 5.92 Å². The minimum Gasteiger partial charge on any atom is -0.481 e. The average molecular weight is 306 g/mol. The summed E-state index contributed by atoms with van der Waals surface area (Å²) in [5.74, 6) is -1.44. The molecule has 0 aliphatic carbocycles. The number of carbonyl (C=O) groups excluding carboxylic acids is 1. The summed E-state index contributed by atoms with van der Waals surface area (Å²) < 4.78 is 0. The first-order valence-corrected chi connectivity index (χ1v) is 7.35.